The van der Waals surface area contributed by atoms with E-state index >= 15 is 0 Å². The van der Waals surface area contributed by atoms with Crippen molar-refractivity contribution in [1.82, 2.24) is 9.80 Å². The number of rotatable bonds is 1. The molecule has 10 heavy (non-hydrogen) atoms. The quantitative estimate of drug-likeness (QED) is 0.307. The number of alkyl halides is 1. The van der Waals surface area contributed by atoms with Crippen molar-refractivity contribution in [2.24, 2.45) is 0 Å². The van der Waals surface area contributed by atoms with Crippen LogP contribution in [0.15, 0.2) is 0 Å². The molecule has 0 radical (unpaired) electrons. The topological polar surface area (TPSA) is 23.6 Å². The van der Waals surface area contributed by atoms with Crippen LogP contribution < -0.4 is 0 Å². The highest BCUT2D eigenvalue weighted by Gasteiger charge is 2.20. The van der Waals surface area contributed by atoms with Gasteiger partial charge in [-0.3, -0.25) is 9.69 Å². The summed E-state index contributed by atoms with van der Waals surface area (Å²) in [6.07, 6.45) is 0.850. The number of hydrogen-bond donors (Lipinski definition) is 0. The zero-order valence-electron chi connectivity index (χ0n) is 5.96. The van der Waals surface area contributed by atoms with E-state index in [0.717, 1.165) is 19.5 Å². The van der Waals surface area contributed by atoms with Crippen LogP contribution in [-0.2, 0) is 4.79 Å². The van der Waals surface area contributed by atoms with Crippen molar-refractivity contribution in [1.29, 1.82) is 0 Å². The highest BCUT2D eigenvalue weighted by atomic mass is 35.5. The predicted molar refractivity (Wildman–Crippen MR) is 39.9 cm³/mol. The minimum atomic E-state index is -0.0149. The summed E-state index contributed by atoms with van der Waals surface area (Å²) in [6, 6.07) is 0. The van der Waals surface area contributed by atoms with Crippen LogP contribution in [0.3, 0.4) is 0 Å². The lowest BCUT2D eigenvalue weighted by atomic mass is 10.3. The molecule has 0 spiro atoms. The summed E-state index contributed by atoms with van der Waals surface area (Å²) < 4.78 is 0. The third-order valence-electron chi connectivity index (χ3n) is 1.75. The molecule has 1 amide bonds. The Morgan fingerprint density at radius 3 is 2.80 bits per heavy atom. The number of piperazine rings is 1. The highest BCUT2D eigenvalue weighted by Crippen LogP contribution is 2.08. The van der Waals surface area contributed by atoms with Gasteiger partial charge in [-0.15, -0.1) is 11.6 Å². The second kappa shape index (κ2) is 3.21. The lowest BCUT2D eigenvalue weighted by molar-refractivity contribution is -0.119. The molecule has 0 saturated carbocycles. The Morgan fingerprint density at radius 2 is 2.30 bits per heavy atom. The van der Waals surface area contributed by atoms with Crippen molar-refractivity contribution in [2.45, 2.75) is 5.50 Å². The van der Waals surface area contributed by atoms with Crippen molar-refractivity contribution in [3.63, 3.8) is 0 Å². The number of carbonyl (C=O) groups is 1. The lowest BCUT2D eigenvalue weighted by Gasteiger charge is -2.33. The van der Waals surface area contributed by atoms with Gasteiger partial charge >= 0.3 is 0 Å². The van der Waals surface area contributed by atoms with Crippen LogP contribution in [0.5, 0.6) is 0 Å². The molecule has 1 unspecified atom stereocenters. The molecule has 0 aliphatic carbocycles. The van der Waals surface area contributed by atoms with E-state index in [4.69, 9.17) is 11.6 Å². The molecule has 0 bridgehead atoms. The molecule has 1 fully saturated rings. The average molecular weight is 163 g/mol. The van der Waals surface area contributed by atoms with Crippen LogP contribution in [0.4, 0.5) is 0 Å². The summed E-state index contributed by atoms with van der Waals surface area (Å²) in [5.41, 5.74) is -0.0149. The van der Waals surface area contributed by atoms with Crippen LogP contribution in [0.2, 0.25) is 0 Å². The van der Waals surface area contributed by atoms with Gasteiger partial charge in [-0.25, -0.2) is 0 Å². The van der Waals surface area contributed by atoms with Gasteiger partial charge < -0.3 is 4.90 Å². The Morgan fingerprint density at radius 1 is 1.60 bits per heavy atom. The maximum atomic E-state index is 10.3. The van der Waals surface area contributed by atoms with Crippen molar-refractivity contribution in [3.8, 4) is 0 Å². The van der Waals surface area contributed by atoms with Gasteiger partial charge in [0.25, 0.3) is 0 Å². The van der Waals surface area contributed by atoms with Gasteiger partial charge in [0, 0.05) is 19.6 Å². The molecule has 3 nitrogen and oxygen atoms in total. The third-order valence-corrected chi connectivity index (χ3v) is 2.22. The zero-order valence-corrected chi connectivity index (χ0v) is 6.71. The van der Waals surface area contributed by atoms with Gasteiger partial charge in [-0.2, -0.15) is 0 Å². The molecule has 1 atom stereocenters. The average Bonchev–Trinajstić information content (AvgIpc) is 1.95. The maximum Gasteiger partial charge on any atom is 0.209 e. The summed E-state index contributed by atoms with van der Waals surface area (Å²) in [5, 5.41) is 0. The molecule has 1 saturated heterocycles. The number of carbonyl (C=O) groups excluding carboxylic acids is 1. The summed E-state index contributed by atoms with van der Waals surface area (Å²) in [4.78, 5) is 14.0. The largest absolute Gasteiger partial charge is 0.341 e. The Hall–Kier alpha value is -0.280. The monoisotopic (exact) mass is 162 g/mol. The maximum absolute atomic E-state index is 10.3. The number of halogens is 1. The number of hydrogen-bond acceptors (Lipinski definition) is 2. The number of likely N-dealkylation sites (N-methyl/N-ethyl adjacent to an activating group) is 1. The molecule has 1 aliphatic heterocycles. The minimum Gasteiger partial charge on any atom is -0.341 e. The van der Waals surface area contributed by atoms with E-state index in [1.165, 1.54) is 0 Å². The Labute approximate surface area is 65.5 Å². The lowest BCUT2D eigenvalue weighted by Crippen LogP contribution is -2.48. The van der Waals surface area contributed by atoms with E-state index in [2.05, 4.69) is 0 Å². The number of amides is 1. The molecule has 0 aromatic heterocycles. The van der Waals surface area contributed by atoms with E-state index in [1.54, 1.807) is 4.90 Å². The summed E-state index contributed by atoms with van der Waals surface area (Å²) in [7, 11) is 1.96. The molecule has 0 aromatic carbocycles. The van der Waals surface area contributed by atoms with Crippen LogP contribution in [0.1, 0.15) is 0 Å². The SMILES string of the molecule is CN1CCN(C=O)CC1Cl. The van der Waals surface area contributed by atoms with Gasteiger partial charge in [0.2, 0.25) is 6.41 Å². The molecule has 4 heteroatoms. The van der Waals surface area contributed by atoms with Crippen LogP contribution >= 0.6 is 11.6 Å². The predicted octanol–water partition coefficient (Wildman–Crippen LogP) is -0.0449. The van der Waals surface area contributed by atoms with Crippen LogP contribution in [0.25, 0.3) is 0 Å². The number of nitrogens with zero attached hydrogens (tertiary/aromatic N) is 2. The second-order valence-corrected chi connectivity index (χ2v) is 3.02. The van der Waals surface area contributed by atoms with E-state index in [0.29, 0.717) is 6.54 Å². The fourth-order valence-electron chi connectivity index (χ4n) is 0.946. The van der Waals surface area contributed by atoms with Crippen molar-refractivity contribution < 1.29 is 4.79 Å². The molecular weight excluding hydrogens is 152 g/mol. The van der Waals surface area contributed by atoms with E-state index in [1.807, 2.05) is 11.9 Å². The normalized spacial score (nSPS) is 28.6. The minimum absolute atomic E-state index is 0.0149. The Balaban J connectivity index is 2.40. The van der Waals surface area contributed by atoms with E-state index < -0.39 is 0 Å². The molecule has 58 valence electrons. The fraction of sp³-hybridized carbons (Fsp3) is 0.833. The van der Waals surface area contributed by atoms with Gasteiger partial charge in [-0.05, 0) is 7.05 Å². The third kappa shape index (κ3) is 1.61. The summed E-state index contributed by atoms with van der Waals surface area (Å²) in [5.74, 6) is 0. The molecule has 0 N–H and O–H groups in total. The molecule has 1 heterocycles. The van der Waals surface area contributed by atoms with Crippen LogP contribution in [-0.4, -0.2) is 48.4 Å². The highest BCUT2D eigenvalue weighted by molar-refractivity contribution is 6.20. The Bertz CT molecular complexity index is 131. The summed E-state index contributed by atoms with van der Waals surface area (Å²) in [6.45, 7) is 2.30. The molecule has 0 aromatic rings. The fourth-order valence-corrected chi connectivity index (χ4v) is 1.22. The smallest absolute Gasteiger partial charge is 0.209 e. The Kier molecular flexibility index (Phi) is 2.51. The van der Waals surface area contributed by atoms with E-state index in [-0.39, 0.29) is 5.50 Å². The van der Waals surface area contributed by atoms with Gasteiger partial charge in [0.15, 0.2) is 0 Å². The first kappa shape index (κ1) is 7.82. The van der Waals surface area contributed by atoms with Crippen molar-refractivity contribution >= 4 is 18.0 Å². The first-order valence-corrected chi connectivity index (χ1v) is 3.71. The van der Waals surface area contributed by atoms with Gasteiger partial charge in [0.05, 0.1) is 0 Å². The zero-order chi connectivity index (χ0) is 7.56. The second-order valence-electron chi connectivity index (χ2n) is 2.52. The first-order valence-electron chi connectivity index (χ1n) is 3.27. The van der Waals surface area contributed by atoms with E-state index in [9.17, 15) is 4.79 Å². The molecule has 1 rings (SSSR count). The van der Waals surface area contributed by atoms with Crippen molar-refractivity contribution in [2.75, 3.05) is 26.7 Å². The standard InChI is InChI=1S/C6H11ClN2O/c1-8-2-3-9(5-10)4-6(8)7/h5-6H,2-4H2,1H3. The first-order chi connectivity index (χ1) is 4.74. The van der Waals surface area contributed by atoms with Gasteiger partial charge in [0.1, 0.15) is 5.50 Å². The molecule has 1 aliphatic rings. The van der Waals surface area contributed by atoms with Crippen LogP contribution in [0, 0.1) is 0 Å². The van der Waals surface area contributed by atoms with Crippen molar-refractivity contribution in [3.05, 3.63) is 0 Å². The molecular formula is C6H11ClN2O. The van der Waals surface area contributed by atoms with Gasteiger partial charge in [-0.1, -0.05) is 0 Å². The summed E-state index contributed by atoms with van der Waals surface area (Å²) >= 11 is 5.87.